The highest BCUT2D eigenvalue weighted by atomic mass is 16.5. The Kier molecular flexibility index (Phi) is 6.10. The number of nitrogens with zero attached hydrogens (tertiary/aromatic N) is 6. The van der Waals surface area contributed by atoms with Gasteiger partial charge < -0.3 is 14.5 Å². The van der Waals surface area contributed by atoms with Crippen LogP contribution in [0.4, 0.5) is 5.95 Å². The van der Waals surface area contributed by atoms with Gasteiger partial charge in [-0.3, -0.25) is 9.48 Å². The van der Waals surface area contributed by atoms with E-state index >= 15 is 0 Å². The number of methoxy groups -OCH3 is 1. The average molecular weight is 449 g/mol. The third kappa shape index (κ3) is 4.42. The number of aryl methyl sites for hydroxylation is 1. The van der Waals surface area contributed by atoms with Crippen LogP contribution >= 0.6 is 0 Å². The second-order valence-electron chi connectivity index (χ2n) is 9.36. The molecule has 0 radical (unpaired) electrons. The van der Waals surface area contributed by atoms with Crippen LogP contribution in [0.15, 0.2) is 42.9 Å². The van der Waals surface area contributed by atoms with Gasteiger partial charge in [0, 0.05) is 63.7 Å². The number of carbonyl (C=O) groups excluding carboxylic acids is 1. The normalized spacial score (nSPS) is 16.2. The van der Waals surface area contributed by atoms with Crippen LogP contribution in [0.5, 0.6) is 5.75 Å². The summed E-state index contributed by atoms with van der Waals surface area (Å²) >= 11 is 0. The van der Waals surface area contributed by atoms with Crippen LogP contribution in [0.2, 0.25) is 0 Å². The number of ether oxygens (including phenoxy) is 1. The molecule has 8 heteroatoms. The quantitative estimate of drug-likeness (QED) is 0.576. The van der Waals surface area contributed by atoms with E-state index in [0.29, 0.717) is 19.0 Å². The zero-order valence-electron chi connectivity index (χ0n) is 20.2. The highest BCUT2D eigenvalue weighted by Gasteiger charge is 2.38. The number of aromatic nitrogens is 4. The second kappa shape index (κ2) is 8.84. The van der Waals surface area contributed by atoms with Gasteiger partial charge in [-0.2, -0.15) is 5.10 Å². The minimum absolute atomic E-state index is 0.125. The van der Waals surface area contributed by atoms with Crippen molar-refractivity contribution in [1.29, 1.82) is 0 Å². The monoisotopic (exact) mass is 448 g/mol. The second-order valence-corrected chi connectivity index (χ2v) is 9.36. The van der Waals surface area contributed by atoms with Gasteiger partial charge in [0.25, 0.3) is 0 Å². The molecule has 33 heavy (non-hydrogen) atoms. The molecule has 1 amide bonds. The summed E-state index contributed by atoms with van der Waals surface area (Å²) in [6.07, 6.45) is 6.55. The van der Waals surface area contributed by atoms with Crippen LogP contribution in [-0.2, 0) is 17.3 Å². The largest absolute Gasteiger partial charge is 0.497 e. The number of rotatable bonds is 6. The van der Waals surface area contributed by atoms with Crippen molar-refractivity contribution >= 4 is 11.9 Å². The molecule has 1 saturated heterocycles. The smallest absolute Gasteiger partial charge is 0.232 e. The molecule has 4 rings (SSSR count). The van der Waals surface area contributed by atoms with E-state index in [9.17, 15) is 4.79 Å². The van der Waals surface area contributed by atoms with Gasteiger partial charge >= 0.3 is 0 Å². The molecule has 1 aliphatic rings. The maximum absolute atomic E-state index is 13.6. The van der Waals surface area contributed by atoms with E-state index in [0.717, 1.165) is 34.6 Å². The summed E-state index contributed by atoms with van der Waals surface area (Å²) in [7, 11) is 7.41. The van der Waals surface area contributed by atoms with Gasteiger partial charge in [0.2, 0.25) is 11.9 Å². The van der Waals surface area contributed by atoms with Crippen LogP contribution in [0.1, 0.15) is 37.4 Å². The number of hydrogen-bond acceptors (Lipinski definition) is 6. The Morgan fingerprint density at radius 1 is 1.18 bits per heavy atom. The van der Waals surface area contributed by atoms with Crippen molar-refractivity contribution in [2.24, 2.45) is 7.05 Å². The van der Waals surface area contributed by atoms with E-state index in [4.69, 9.17) is 9.72 Å². The van der Waals surface area contributed by atoms with Crippen molar-refractivity contribution in [2.75, 3.05) is 39.2 Å². The number of benzene rings is 1. The van der Waals surface area contributed by atoms with E-state index in [2.05, 4.69) is 10.1 Å². The summed E-state index contributed by atoms with van der Waals surface area (Å²) in [5.74, 6) is 1.71. The molecule has 8 nitrogen and oxygen atoms in total. The van der Waals surface area contributed by atoms with Crippen molar-refractivity contribution in [2.45, 2.75) is 31.6 Å². The lowest BCUT2D eigenvalue weighted by atomic mass is 9.83. The molecule has 0 spiro atoms. The van der Waals surface area contributed by atoms with Crippen LogP contribution in [0, 0.1) is 0 Å². The first-order valence-corrected chi connectivity index (χ1v) is 11.2. The van der Waals surface area contributed by atoms with Gasteiger partial charge in [-0.05, 0) is 38.0 Å². The molecule has 174 valence electrons. The molecule has 2 aromatic heterocycles. The zero-order valence-corrected chi connectivity index (χ0v) is 20.2. The summed E-state index contributed by atoms with van der Waals surface area (Å²) < 4.78 is 7.04. The van der Waals surface area contributed by atoms with Crippen LogP contribution < -0.4 is 9.64 Å². The van der Waals surface area contributed by atoms with Crippen molar-refractivity contribution in [3.63, 3.8) is 0 Å². The molecule has 0 N–H and O–H groups in total. The van der Waals surface area contributed by atoms with Crippen molar-refractivity contribution < 1.29 is 9.53 Å². The summed E-state index contributed by atoms with van der Waals surface area (Å²) in [6, 6.07) is 7.75. The van der Waals surface area contributed by atoms with Crippen LogP contribution in [0.25, 0.3) is 11.1 Å². The Balaban J connectivity index is 1.60. The van der Waals surface area contributed by atoms with Gasteiger partial charge in [-0.15, -0.1) is 0 Å². The van der Waals surface area contributed by atoms with E-state index in [1.165, 1.54) is 0 Å². The lowest BCUT2D eigenvalue weighted by Crippen LogP contribution is -2.42. The van der Waals surface area contributed by atoms with Crippen LogP contribution in [-0.4, -0.2) is 64.9 Å². The topological polar surface area (TPSA) is 76.4 Å². The van der Waals surface area contributed by atoms with Gasteiger partial charge in [0.15, 0.2) is 0 Å². The molecule has 3 aromatic rings. The van der Waals surface area contributed by atoms with Crippen molar-refractivity contribution in [3.05, 3.63) is 54.1 Å². The lowest BCUT2D eigenvalue weighted by Gasteiger charge is -2.30. The van der Waals surface area contributed by atoms with Gasteiger partial charge in [-0.25, -0.2) is 9.97 Å². The van der Waals surface area contributed by atoms with E-state index in [-0.39, 0.29) is 11.8 Å². The molecule has 1 atom stereocenters. The van der Waals surface area contributed by atoms with E-state index in [1.807, 2.05) is 87.6 Å². The molecule has 3 heterocycles. The number of amides is 1. The maximum atomic E-state index is 13.6. The minimum Gasteiger partial charge on any atom is -0.497 e. The molecule has 1 fully saturated rings. The first kappa shape index (κ1) is 22.8. The molecule has 1 aliphatic heterocycles. The van der Waals surface area contributed by atoms with E-state index < -0.39 is 5.41 Å². The highest BCUT2D eigenvalue weighted by Crippen LogP contribution is 2.36. The Bertz CT molecular complexity index is 1140. The van der Waals surface area contributed by atoms with Gasteiger partial charge in [-0.1, -0.05) is 12.1 Å². The Morgan fingerprint density at radius 2 is 1.91 bits per heavy atom. The maximum Gasteiger partial charge on any atom is 0.232 e. The van der Waals surface area contributed by atoms with Crippen LogP contribution in [0.3, 0.4) is 0 Å². The summed E-state index contributed by atoms with van der Waals surface area (Å²) in [5, 5.41) is 4.32. The SMILES string of the molecule is COc1ccc(C(C)(C)C(=O)N2CC[C@H](c3nc(N(C)C)ncc3-c3cnn(C)c3)C2)cc1. The Hall–Kier alpha value is -3.42. The predicted molar refractivity (Wildman–Crippen MR) is 129 cm³/mol. The molecule has 0 bridgehead atoms. The number of likely N-dealkylation sites (tertiary alicyclic amines) is 1. The molecule has 0 unspecified atom stereocenters. The average Bonchev–Trinajstić information content (AvgIpc) is 3.47. The summed E-state index contributed by atoms with van der Waals surface area (Å²) in [6.45, 7) is 5.31. The minimum atomic E-state index is -0.631. The molecule has 0 saturated carbocycles. The predicted octanol–water partition coefficient (Wildman–Crippen LogP) is 3.25. The Labute approximate surface area is 195 Å². The van der Waals surface area contributed by atoms with E-state index in [1.54, 1.807) is 11.8 Å². The number of carbonyl (C=O) groups is 1. The Morgan fingerprint density at radius 3 is 2.52 bits per heavy atom. The fourth-order valence-electron chi connectivity index (χ4n) is 4.39. The third-order valence-electron chi connectivity index (χ3n) is 6.43. The van der Waals surface area contributed by atoms with Gasteiger partial charge in [0.1, 0.15) is 5.75 Å². The van der Waals surface area contributed by atoms with Crippen molar-refractivity contribution in [1.82, 2.24) is 24.6 Å². The van der Waals surface area contributed by atoms with Crippen molar-refractivity contribution in [3.8, 4) is 16.9 Å². The molecule has 0 aliphatic carbocycles. The molecular weight excluding hydrogens is 416 g/mol. The summed E-state index contributed by atoms with van der Waals surface area (Å²) in [4.78, 5) is 26.9. The standard InChI is InChI=1S/C25H32N6O2/c1-25(2,19-7-9-20(33-6)10-8-19)23(32)31-12-11-17(16-31)22-21(18-13-27-30(5)15-18)14-26-24(28-22)29(3)4/h7-10,13-15,17H,11-12,16H2,1-6H3/t17-/m0/s1. The zero-order chi connectivity index (χ0) is 23.8. The third-order valence-corrected chi connectivity index (χ3v) is 6.43. The molecular formula is C25H32N6O2. The highest BCUT2D eigenvalue weighted by molar-refractivity contribution is 5.87. The lowest BCUT2D eigenvalue weighted by molar-refractivity contribution is -0.135. The fourth-order valence-corrected chi connectivity index (χ4v) is 4.39. The summed E-state index contributed by atoms with van der Waals surface area (Å²) in [5.41, 5.74) is 3.28. The number of hydrogen-bond donors (Lipinski definition) is 0. The first-order chi connectivity index (χ1) is 15.7. The number of anilines is 1. The molecule has 1 aromatic carbocycles. The first-order valence-electron chi connectivity index (χ1n) is 11.2. The fraction of sp³-hybridized carbons (Fsp3) is 0.440. The van der Waals surface area contributed by atoms with Gasteiger partial charge in [0.05, 0.1) is 24.4 Å².